The summed E-state index contributed by atoms with van der Waals surface area (Å²) >= 11 is 1.33. The van der Waals surface area contributed by atoms with Crippen molar-refractivity contribution in [1.82, 2.24) is 4.98 Å². The van der Waals surface area contributed by atoms with Crippen molar-refractivity contribution in [3.05, 3.63) is 40.9 Å². The van der Waals surface area contributed by atoms with Crippen molar-refractivity contribution >= 4 is 28.3 Å². The standard InChI is InChI=1S/C16H18N2O4S/c1-10-9-23-16(17-10)18-14(19)7-12(8-15(20)21)11-3-5-13(22-2)6-4-11/h3-6,9,12H,7-8H2,1-2H3,(H,20,21)(H,17,18,19)/p-1/t12-/m0/s1. The van der Waals surface area contributed by atoms with Crippen LogP contribution >= 0.6 is 11.3 Å². The molecule has 1 amide bonds. The summed E-state index contributed by atoms with van der Waals surface area (Å²) in [5.74, 6) is -1.26. The molecule has 0 spiro atoms. The molecule has 2 rings (SSSR count). The summed E-state index contributed by atoms with van der Waals surface area (Å²) in [4.78, 5) is 27.3. The van der Waals surface area contributed by atoms with Crippen LogP contribution < -0.4 is 15.2 Å². The summed E-state index contributed by atoms with van der Waals surface area (Å²) in [6, 6.07) is 6.99. The summed E-state index contributed by atoms with van der Waals surface area (Å²) in [7, 11) is 1.55. The smallest absolute Gasteiger partial charge is 0.226 e. The summed E-state index contributed by atoms with van der Waals surface area (Å²) in [5, 5.41) is 16.0. The Labute approximate surface area is 138 Å². The minimum atomic E-state index is -1.19. The van der Waals surface area contributed by atoms with E-state index in [9.17, 15) is 14.7 Å². The summed E-state index contributed by atoms with van der Waals surface area (Å²) in [6.45, 7) is 1.84. The van der Waals surface area contributed by atoms with Gasteiger partial charge < -0.3 is 20.0 Å². The van der Waals surface area contributed by atoms with Gasteiger partial charge >= 0.3 is 0 Å². The predicted molar refractivity (Wildman–Crippen MR) is 85.5 cm³/mol. The number of rotatable bonds is 7. The van der Waals surface area contributed by atoms with Crippen LogP contribution in [-0.4, -0.2) is 24.0 Å². The van der Waals surface area contributed by atoms with Crippen LogP contribution in [-0.2, 0) is 9.59 Å². The van der Waals surface area contributed by atoms with Gasteiger partial charge in [-0.15, -0.1) is 11.3 Å². The van der Waals surface area contributed by atoms with Crippen LogP contribution in [0.2, 0.25) is 0 Å². The number of amides is 1. The molecule has 0 aliphatic carbocycles. The number of hydrogen-bond acceptors (Lipinski definition) is 6. The topological polar surface area (TPSA) is 91.4 Å². The molecular weight excluding hydrogens is 316 g/mol. The molecule has 0 unspecified atom stereocenters. The second-order valence-corrected chi connectivity index (χ2v) is 5.95. The van der Waals surface area contributed by atoms with Crippen LogP contribution in [0.5, 0.6) is 5.75 Å². The first kappa shape index (κ1) is 17.0. The van der Waals surface area contributed by atoms with E-state index in [4.69, 9.17) is 4.74 Å². The van der Waals surface area contributed by atoms with E-state index in [1.807, 2.05) is 12.3 Å². The lowest BCUT2D eigenvalue weighted by Crippen LogP contribution is -2.26. The van der Waals surface area contributed by atoms with E-state index in [0.717, 1.165) is 11.3 Å². The zero-order valence-corrected chi connectivity index (χ0v) is 13.7. The number of carboxylic acids is 1. The highest BCUT2D eigenvalue weighted by atomic mass is 32.1. The largest absolute Gasteiger partial charge is 0.550 e. The molecule has 1 N–H and O–H groups in total. The number of benzene rings is 1. The number of ether oxygens (including phenoxy) is 1. The maximum absolute atomic E-state index is 12.1. The Hall–Kier alpha value is -2.41. The molecule has 2 aromatic rings. The fraction of sp³-hybridized carbons (Fsp3) is 0.312. The molecule has 122 valence electrons. The third-order valence-corrected chi connectivity index (χ3v) is 4.17. The lowest BCUT2D eigenvalue weighted by molar-refractivity contribution is -0.306. The Morgan fingerprint density at radius 2 is 2.00 bits per heavy atom. The number of carboxylic acid groups (broad SMARTS) is 1. The first-order chi connectivity index (χ1) is 11.0. The molecule has 0 fully saturated rings. The third kappa shape index (κ3) is 5.07. The van der Waals surface area contributed by atoms with Crippen LogP contribution in [0.25, 0.3) is 0 Å². The van der Waals surface area contributed by atoms with Gasteiger partial charge in [0.1, 0.15) is 5.75 Å². The van der Waals surface area contributed by atoms with E-state index in [0.29, 0.717) is 10.9 Å². The maximum Gasteiger partial charge on any atom is 0.226 e. The Morgan fingerprint density at radius 1 is 1.30 bits per heavy atom. The first-order valence-electron chi connectivity index (χ1n) is 7.03. The maximum atomic E-state index is 12.1. The van der Waals surface area contributed by atoms with Crippen LogP contribution in [0.3, 0.4) is 0 Å². The monoisotopic (exact) mass is 333 g/mol. The molecule has 1 aromatic heterocycles. The van der Waals surface area contributed by atoms with Gasteiger partial charge in [-0.05, 0) is 37.0 Å². The number of anilines is 1. The van der Waals surface area contributed by atoms with Gasteiger partial charge in [-0.1, -0.05) is 12.1 Å². The van der Waals surface area contributed by atoms with E-state index >= 15 is 0 Å². The first-order valence-corrected chi connectivity index (χ1v) is 7.91. The van der Waals surface area contributed by atoms with E-state index in [1.165, 1.54) is 11.3 Å². The van der Waals surface area contributed by atoms with Crippen molar-refractivity contribution in [1.29, 1.82) is 0 Å². The number of aryl methyl sites for hydroxylation is 1. The number of aliphatic carboxylic acids is 1. The Bertz CT molecular complexity index is 682. The number of hydrogen-bond donors (Lipinski definition) is 1. The molecule has 0 aliphatic heterocycles. The molecule has 0 aliphatic rings. The average molecular weight is 333 g/mol. The van der Waals surface area contributed by atoms with Crippen LogP contribution in [0.15, 0.2) is 29.6 Å². The number of aromatic nitrogens is 1. The van der Waals surface area contributed by atoms with Gasteiger partial charge in [0.05, 0.1) is 12.8 Å². The Morgan fingerprint density at radius 3 is 2.52 bits per heavy atom. The van der Waals surface area contributed by atoms with Gasteiger partial charge in [0.25, 0.3) is 0 Å². The van der Waals surface area contributed by atoms with Crippen molar-refractivity contribution < 1.29 is 19.4 Å². The van der Waals surface area contributed by atoms with Crippen molar-refractivity contribution in [3.63, 3.8) is 0 Å². The normalized spacial score (nSPS) is 11.7. The van der Waals surface area contributed by atoms with Crippen molar-refractivity contribution in [2.45, 2.75) is 25.7 Å². The summed E-state index contributed by atoms with van der Waals surface area (Å²) < 4.78 is 5.08. The van der Waals surface area contributed by atoms with Gasteiger partial charge in [-0.2, -0.15) is 0 Å². The molecule has 6 nitrogen and oxygen atoms in total. The van der Waals surface area contributed by atoms with E-state index in [-0.39, 0.29) is 18.7 Å². The SMILES string of the molecule is COc1ccc([C@H](CC(=O)[O-])CC(=O)Nc2nc(C)cs2)cc1. The Balaban J connectivity index is 2.07. The summed E-state index contributed by atoms with van der Waals surface area (Å²) in [6.07, 6.45) is -0.185. The Kier molecular flexibility index (Phi) is 5.70. The highest BCUT2D eigenvalue weighted by Crippen LogP contribution is 2.26. The average Bonchev–Trinajstić information content (AvgIpc) is 2.91. The second-order valence-electron chi connectivity index (χ2n) is 5.09. The zero-order valence-electron chi connectivity index (χ0n) is 12.9. The van der Waals surface area contributed by atoms with Gasteiger partial charge in [0, 0.05) is 17.8 Å². The van der Waals surface area contributed by atoms with Crippen molar-refractivity contribution in [2.75, 3.05) is 12.4 Å². The van der Waals surface area contributed by atoms with E-state index < -0.39 is 11.9 Å². The van der Waals surface area contributed by atoms with Crippen LogP contribution in [0.1, 0.15) is 30.0 Å². The molecule has 1 aromatic carbocycles. The highest BCUT2D eigenvalue weighted by Gasteiger charge is 2.17. The third-order valence-electron chi connectivity index (χ3n) is 3.30. The van der Waals surface area contributed by atoms with Gasteiger partial charge in [0.2, 0.25) is 5.91 Å². The highest BCUT2D eigenvalue weighted by molar-refractivity contribution is 7.13. The van der Waals surface area contributed by atoms with E-state index in [2.05, 4.69) is 10.3 Å². The molecule has 7 heteroatoms. The molecule has 0 radical (unpaired) electrons. The summed E-state index contributed by atoms with van der Waals surface area (Å²) in [5.41, 5.74) is 1.58. The molecule has 23 heavy (non-hydrogen) atoms. The molecule has 1 heterocycles. The lowest BCUT2D eigenvalue weighted by Gasteiger charge is -2.17. The minimum absolute atomic E-state index is 0.0406. The van der Waals surface area contributed by atoms with Crippen LogP contribution in [0, 0.1) is 6.92 Å². The number of thiazole rings is 1. The number of carbonyl (C=O) groups is 2. The van der Waals surface area contributed by atoms with Crippen molar-refractivity contribution in [2.24, 2.45) is 0 Å². The number of nitrogens with zero attached hydrogens (tertiary/aromatic N) is 1. The minimum Gasteiger partial charge on any atom is -0.550 e. The molecule has 0 bridgehead atoms. The number of methoxy groups -OCH3 is 1. The second kappa shape index (κ2) is 7.73. The van der Waals surface area contributed by atoms with Gasteiger partial charge in [0.15, 0.2) is 5.13 Å². The van der Waals surface area contributed by atoms with Crippen molar-refractivity contribution in [3.8, 4) is 5.75 Å². The van der Waals surface area contributed by atoms with Gasteiger partial charge in [-0.25, -0.2) is 4.98 Å². The fourth-order valence-electron chi connectivity index (χ4n) is 2.19. The molecular formula is C16H17N2O4S-. The zero-order chi connectivity index (χ0) is 16.8. The van der Waals surface area contributed by atoms with E-state index in [1.54, 1.807) is 31.4 Å². The quantitative estimate of drug-likeness (QED) is 0.833. The molecule has 0 saturated carbocycles. The fourth-order valence-corrected chi connectivity index (χ4v) is 2.89. The number of carbonyl (C=O) groups excluding carboxylic acids is 2. The lowest BCUT2D eigenvalue weighted by atomic mass is 9.92. The van der Waals surface area contributed by atoms with Crippen LogP contribution in [0.4, 0.5) is 5.13 Å². The van der Waals surface area contributed by atoms with Gasteiger partial charge in [-0.3, -0.25) is 4.79 Å². The molecule has 1 atom stereocenters. The predicted octanol–water partition coefficient (Wildman–Crippen LogP) is 1.71. The molecule has 0 saturated heterocycles. The number of nitrogens with one attached hydrogen (secondary N) is 1.